The van der Waals surface area contributed by atoms with Crippen LogP contribution in [0.2, 0.25) is 5.02 Å². The number of halogens is 1. The van der Waals surface area contributed by atoms with E-state index in [-0.39, 0.29) is 17.7 Å². The quantitative estimate of drug-likeness (QED) is 0.486. The number of fused-ring (bicyclic) bond motifs is 2. The SMILES string of the molecule is C#C.CC1(OC(=O)N2CCNCC2)CC1.Cn1cncc1[C@](C)(O)C1=CC2=CC=CNC2Cc2ccc(Cl)cc21. The number of rotatable bonds is 3. The standard InChI is InChI=1S/C20H20ClN3O.C9H16N2O2.C2H2/c1-20(25,19-11-22-12-24(19)2)17-8-14-4-3-7-23-18(14)9-13-5-6-15(21)10-16(13)17;1-9(2-3-9)13-8(12)11-6-4-10-5-7-11;1-2/h3-8,10-12,18,23,25H,9H2,1-2H3;10H,2-7H2,1H3;1-2H/t18?,20-;;/m1../s1. The number of nitrogens with one attached hydrogen (secondary N) is 2. The third kappa shape index (κ3) is 6.61. The van der Waals surface area contributed by atoms with Gasteiger partial charge in [-0.1, -0.05) is 23.7 Å². The average molecular weight is 564 g/mol. The van der Waals surface area contributed by atoms with Gasteiger partial charge in [0.2, 0.25) is 0 Å². The van der Waals surface area contributed by atoms with Gasteiger partial charge in [0.1, 0.15) is 11.2 Å². The van der Waals surface area contributed by atoms with Gasteiger partial charge in [-0.2, -0.15) is 0 Å². The summed E-state index contributed by atoms with van der Waals surface area (Å²) >= 11 is 6.29. The van der Waals surface area contributed by atoms with E-state index in [2.05, 4.69) is 40.6 Å². The van der Waals surface area contributed by atoms with E-state index in [1.165, 1.54) is 0 Å². The molecule has 1 saturated carbocycles. The van der Waals surface area contributed by atoms with Crippen molar-refractivity contribution in [3.8, 4) is 12.8 Å². The maximum Gasteiger partial charge on any atom is 0.410 e. The van der Waals surface area contributed by atoms with Gasteiger partial charge >= 0.3 is 6.09 Å². The van der Waals surface area contributed by atoms with Crippen LogP contribution >= 0.6 is 11.6 Å². The number of hydrogen-bond acceptors (Lipinski definition) is 6. The van der Waals surface area contributed by atoms with Crippen molar-refractivity contribution in [3.05, 3.63) is 82.6 Å². The van der Waals surface area contributed by atoms with Crippen LogP contribution in [-0.2, 0) is 23.8 Å². The molecule has 1 saturated heterocycles. The molecule has 6 rings (SSSR count). The van der Waals surface area contributed by atoms with Crippen LogP contribution in [0.3, 0.4) is 0 Å². The second-order valence-corrected chi connectivity index (χ2v) is 11.3. The number of hydrogen-bond donors (Lipinski definition) is 3. The maximum atomic E-state index is 11.5. The normalized spacial score (nSPS) is 21.6. The van der Waals surface area contributed by atoms with Gasteiger partial charge < -0.3 is 29.9 Å². The van der Waals surface area contributed by atoms with E-state index in [4.69, 9.17) is 16.3 Å². The molecule has 2 aliphatic carbocycles. The number of carbonyl (C=O) groups excluding carboxylic acids is 1. The molecule has 8 nitrogen and oxygen atoms in total. The highest BCUT2D eigenvalue weighted by molar-refractivity contribution is 6.30. The highest BCUT2D eigenvalue weighted by Crippen LogP contribution is 2.42. The van der Waals surface area contributed by atoms with Gasteiger partial charge in [0.05, 0.1) is 24.3 Å². The first-order chi connectivity index (χ1) is 19.2. The first-order valence-corrected chi connectivity index (χ1v) is 13.9. The summed E-state index contributed by atoms with van der Waals surface area (Å²) in [6, 6.07) is 6.08. The van der Waals surface area contributed by atoms with Crippen molar-refractivity contribution < 1.29 is 14.6 Å². The predicted octanol–water partition coefficient (Wildman–Crippen LogP) is 4.16. The molecule has 2 aromatic rings. The van der Waals surface area contributed by atoms with Crippen LogP contribution in [0.15, 0.2) is 60.7 Å². The van der Waals surface area contributed by atoms with Gasteiger partial charge in [0.15, 0.2) is 0 Å². The molecular formula is C31H38ClN5O3. The lowest BCUT2D eigenvalue weighted by atomic mass is 9.84. The first kappa shape index (κ1) is 29.5. The molecule has 2 aliphatic heterocycles. The molecule has 212 valence electrons. The zero-order valence-electron chi connectivity index (χ0n) is 23.4. The summed E-state index contributed by atoms with van der Waals surface area (Å²) in [6.45, 7) is 7.11. The fraction of sp³-hybridized carbons (Fsp3) is 0.419. The van der Waals surface area contributed by atoms with Crippen LogP contribution in [0.4, 0.5) is 4.79 Å². The van der Waals surface area contributed by atoms with Crippen LogP contribution in [-0.4, -0.2) is 63.5 Å². The number of carbonyl (C=O) groups is 1. The molecule has 1 unspecified atom stereocenters. The van der Waals surface area contributed by atoms with Crippen LogP contribution in [0, 0.1) is 12.8 Å². The predicted molar refractivity (Wildman–Crippen MR) is 159 cm³/mol. The number of amides is 1. The number of terminal acetylenes is 1. The van der Waals surface area contributed by atoms with Gasteiger partial charge in [-0.25, -0.2) is 9.78 Å². The van der Waals surface area contributed by atoms with Crippen LogP contribution < -0.4 is 10.6 Å². The minimum Gasteiger partial charge on any atom is -0.443 e. The van der Waals surface area contributed by atoms with E-state index >= 15 is 0 Å². The third-order valence-corrected chi connectivity index (χ3v) is 7.92. The highest BCUT2D eigenvalue weighted by atomic mass is 35.5. The topological polar surface area (TPSA) is 91.7 Å². The van der Waals surface area contributed by atoms with Crippen LogP contribution in [0.25, 0.3) is 5.57 Å². The number of piperazine rings is 1. The molecule has 40 heavy (non-hydrogen) atoms. The Morgan fingerprint density at radius 1 is 1.27 bits per heavy atom. The van der Waals surface area contributed by atoms with E-state index in [0.29, 0.717) is 5.02 Å². The molecule has 4 aliphatic rings. The Hall–Kier alpha value is -3.51. The Balaban J connectivity index is 0.000000207. The molecule has 1 amide bonds. The van der Waals surface area contributed by atoms with Gasteiger partial charge in [-0.3, -0.25) is 0 Å². The van der Waals surface area contributed by atoms with E-state index in [1.807, 2.05) is 55.9 Å². The lowest BCUT2D eigenvalue weighted by Gasteiger charge is -2.28. The van der Waals surface area contributed by atoms with Crippen molar-refractivity contribution in [3.63, 3.8) is 0 Å². The van der Waals surface area contributed by atoms with E-state index < -0.39 is 5.60 Å². The van der Waals surface area contributed by atoms with Gasteiger partial charge in [0.25, 0.3) is 0 Å². The number of benzene rings is 1. The van der Waals surface area contributed by atoms with Crippen LogP contribution in [0.5, 0.6) is 0 Å². The second-order valence-electron chi connectivity index (χ2n) is 10.8. The number of aromatic nitrogens is 2. The second kappa shape index (κ2) is 12.3. The average Bonchev–Trinajstić information content (AvgIpc) is 3.56. The van der Waals surface area contributed by atoms with Crippen LogP contribution in [0.1, 0.15) is 43.5 Å². The Morgan fingerprint density at radius 2 is 2.00 bits per heavy atom. The molecule has 9 heteroatoms. The third-order valence-electron chi connectivity index (χ3n) is 7.68. The van der Waals surface area contributed by atoms with Crippen molar-refractivity contribution in [1.82, 2.24) is 25.1 Å². The Labute approximate surface area is 241 Å². The smallest absolute Gasteiger partial charge is 0.410 e. The summed E-state index contributed by atoms with van der Waals surface area (Å²) in [6.07, 6.45) is 22.3. The van der Waals surface area contributed by atoms with Gasteiger partial charge in [0, 0.05) is 38.2 Å². The largest absolute Gasteiger partial charge is 0.443 e. The summed E-state index contributed by atoms with van der Waals surface area (Å²) in [4.78, 5) is 17.5. The number of allylic oxidation sites excluding steroid dienone is 2. The molecule has 3 N–H and O–H groups in total. The zero-order chi connectivity index (χ0) is 28.9. The summed E-state index contributed by atoms with van der Waals surface area (Å²) in [5.41, 5.74) is 3.53. The van der Waals surface area contributed by atoms with Crippen molar-refractivity contribution in [1.29, 1.82) is 0 Å². The number of aryl methyl sites for hydroxylation is 1. The number of aliphatic hydroxyl groups is 1. The highest BCUT2D eigenvalue weighted by Gasteiger charge is 2.42. The van der Waals surface area contributed by atoms with E-state index in [9.17, 15) is 9.90 Å². The first-order valence-electron chi connectivity index (χ1n) is 13.5. The van der Waals surface area contributed by atoms with Crippen molar-refractivity contribution >= 4 is 23.3 Å². The Morgan fingerprint density at radius 3 is 2.65 bits per heavy atom. The maximum absolute atomic E-state index is 11.5. The van der Waals surface area contributed by atoms with Gasteiger partial charge in [-0.05, 0) is 85.9 Å². The van der Waals surface area contributed by atoms with Crippen molar-refractivity contribution in [2.75, 3.05) is 26.2 Å². The number of dihydropyridines is 1. The molecule has 1 aromatic carbocycles. The Kier molecular flexibility index (Phi) is 9.09. The molecule has 3 heterocycles. The summed E-state index contributed by atoms with van der Waals surface area (Å²) < 4.78 is 7.20. The van der Waals surface area contributed by atoms with E-state index in [0.717, 1.165) is 73.4 Å². The number of imidazole rings is 1. The fourth-order valence-electron chi connectivity index (χ4n) is 5.08. The molecule has 1 aromatic heterocycles. The Bertz CT molecular complexity index is 1330. The van der Waals surface area contributed by atoms with Crippen molar-refractivity contribution in [2.45, 2.75) is 50.4 Å². The zero-order valence-corrected chi connectivity index (χ0v) is 24.1. The number of ether oxygens (including phenoxy) is 1. The number of nitrogens with zero attached hydrogens (tertiary/aromatic N) is 3. The molecule has 0 bridgehead atoms. The lowest BCUT2D eigenvalue weighted by molar-refractivity contribution is 0.0555. The lowest BCUT2D eigenvalue weighted by Crippen LogP contribution is -2.47. The molecule has 0 radical (unpaired) electrons. The minimum atomic E-state index is -1.19. The summed E-state index contributed by atoms with van der Waals surface area (Å²) in [5.74, 6) is 0. The monoisotopic (exact) mass is 563 g/mol. The fourth-order valence-corrected chi connectivity index (χ4v) is 5.25. The summed E-state index contributed by atoms with van der Waals surface area (Å²) in [5, 5.41) is 18.8. The summed E-state index contributed by atoms with van der Waals surface area (Å²) in [7, 11) is 1.89. The van der Waals surface area contributed by atoms with E-state index in [1.54, 1.807) is 17.4 Å². The molecule has 0 spiro atoms. The molecule has 2 fully saturated rings. The molecule has 2 atom stereocenters. The van der Waals surface area contributed by atoms with Gasteiger partial charge in [-0.15, -0.1) is 12.8 Å². The van der Waals surface area contributed by atoms with Crippen molar-refractivity contribution in [2.24, 2.45) is 7.05 Å². The minimum absolute atomic E-state index is 0.137. The molecular weight excluding hydrogens is 526 g/mol.